The SMILES string of the molecule is COC(=O)C[C@@H](CC(=O)/C=C/c1c(C2CC2)nc2ccccc2c1-c1ccc(F)cc1)CC(C)(C)[Si](C)(C)O. The maximum Gasteiger partial charge on any atom is 0.305 e. The van der Waals surface area contributed by atoms with E-state index in [0.717, 1.165) is 46.1 Å². The molecule has 7 heteroatoms. The zero-order valence-electron chi connectivity index (χ0n) is 23.5. The molecule has 0 spiro atoms. The molecule has 1 N–H and O–H groups in total. The Morgan fingerprint density at radius 2 is 1.79 bits per heavy atom. The van der Waals surface area contributed by atoms with Crippen LogP contribution in [0.25, 0.3) is 28.1 Å². The molecule has 1 aliphatic rings. The lowest BCUT2D eigenvalue weighted by atomic mass is 9.88. The summed E-state index contributed by atoms with van der Waals surface area (Å²) in [5.41, 5.74) is 4.51. The van der Waals surface area contributed by atoms with Crippen molar-refractivity contribution < 1.29 is 23.5 Å². The van der Waals surface area contributed by atoms with Crippen LogP contribution in [0.5, 0.6) is 0 Å². The summed E-state index contributed by atoms with van der Waals surface area (Å²) in [7, 11) is -1.19. The minimum Gasteiger partial charge on any atom is -0.469 e. The Hall–Kier alpha value is -3.16. The van der Waals surface area contributed by atoms with Crippen molar-refractivity contribution in [1.29, 1.82) is 0 Å². The zero-order chi connectivity index (χ0) is 28.4. The van der Waals surface area contributed by atoms with E-state index < -0.39 is 8.32 Å². The van der Waals surface area contributed by atoms with Crippen LogP contribution in [0.1, 0.15) is 63.1 Å². The molecule has 1 fully saturated rings. The first-order chi connectivity index (χ1) is 18.4. The highest BCUT2D eigenvalue weighted by atomic mass is 28.4. The van der Waals surface area contributed by atoms with Crippen LogP contribution in [0.2, 0.25) is 18.1 Å². The monoisotopic (exact) mass is 547 g/mol. The van der Waals surface area contributed by atoms with E-state index in [0.29, 0.717) is 12.3 Å². The number of carbonyl (C=O) groups excluding carboxylic acids is 2. The standard InChI is InChI=1S/C32H38FNO4Si/c1-32(2,39(4,5)37)20-21(19-29(36)38-3)18-25(35)16-17-27-30(22-12-14-24(33)15-13-22)26-8-6-7-9-28(26)34-31(27)23-10-11-23/h6-9,12-17,21,23,37H,10-11,18-20H2,1-5H3/b17-16+/t21-/m1/s1. The van der Waals surface area contributed by atoms with E-state index in [1.54, 1.807) is 18.2 Å². The Balaban J connectivity index is 1.71. The smallest absolute Gasteiger partial charge is 0.305 e. The van der Waals surface area contributed by atoms with Gasteiger partial charge in [-0.05, 0) is 79.2 Å². The number of fused-ring (bicyclic) bond motifs is 1. The molecule has 0 amide bonds. The number of ether oxygens (including phenoxy) is 1. The fraction of sp³-hybridized carbons (Fsp3) is 0.406. The van der Waals surface area contributed by atoms with Crippen molar-refractivity contribution in [3.05, 3.63) is 71.7 Å². The third-order valence-electron chi connectivity index (χ3n) is 8.12. The van der Waals surface area contributed by atoms with Gasteiger partial charge in [0.1, 0.15) is 5.82 Å². The van der Waals surface area contributed by atoms with Crippen LogP contribution < -0.4 is 0 Å². The summed E-state index contributed by atoms with van der Waals surface area (Å²) in [6.45, 7) is 7.77. The van der Waals surface area contributed by atoms with E-state index >= 15 is 0 Å². The molecule has 1 aliphatic carbocycles. The van der Waals surface area contributed by atoms with Crippen LogP contribution in [0.4, 0.5) is 4.39 Å². The molecule has 0 radical (unpaired) electrons. The fourth-order valence-corrected chi connectivity index (χ4v) is 5.83. The number of esters is 1. The summed E-state index contributed by atoms with van der Waals surface area (Å²) in [5.74, 6) is -0.693. The number of pyridine rings is 1. The number of aromatic nitrogens is 1. The van der Waals surface area contributed by atoms with Crippen LogP contribution in [-0.2, 0) is 14.3 Å². The number of rotatable bonds is 11. The first-order valence-electron chi connectivity index (χ1n) is 13.6. The Kier molecular flexibility index (Phi) is 8.52. The first-order valence-corrected chi connectivity index (χ1v) is 16.5. The third-order valence-corrected chi connectivity index (χ3v) is 11.6. The van der Waals surface area contributed by atoms with Gasteiger partial charge in [0.15, 0.2) is 14.1 Å². The van der Waals surface area contributed by atoms with Gasteiger partial charge in [-0.15, -0.1) is 0 Å². The van der Waals surface area contributed by atoms with E-state index in [9.17, 15) is 18.8 Å². The van der Waals surface area contributed by atoms with Crippen molar-refractivity contribution in [3.8, 4) is 11.1 Å². The number of halogens is 1. The van der Waals surface area contributed by atoms with Crippen molar-refractivity contribution in [2.45, 2.75) is 70.0 Å². The number of methoxy groups -OCH3 is 1. The van der Waals surface area contributed by atoms with Gasteiger partial charge in [0, 0.05) is 35.3 Å². The Labute approximate surface area is 231 Å². The molecule has 1 heterocycles. The Morgan fingerprint density at radius 3 is 2.41 bits per heavy atom. The molecular formula is C32H38FNO4Si. The number of hydrogen-bond donors (Lipinski definition) is 1. The minimum absolute atomic E-state index is 0.0999. The van der Waals surface area contributed by atoms with Gasteiger partial charge in [0.25, 0.3) is 0 Å². The number of benzene rings is 2. The molecule has 0 saturated heterocycles. The average molecular weight is 548 g/mol. The van der Waals surface area contributed by atoms with Gasteiger partial charge in [-0.1, -0.05) is 44.2 Å². The number of hydrogen-bond acceptors (Lipinski definition) is 5. The second-order valence-corrected chi connectivity index (χ2v) is 16.4. The first kappa shape index (κ1) is 28.8. The highest BCUT2D eigenvalue weighted by molar-refractivity contribution is 6.72. The quantitative estimate of drug-likeness (QED) is 0.153. The summed E-state index contributed by atoms with van der Waals surface area (Å²) in [5, 5.41) is 0.563. The summed E-state index contributed by atoms with van der Waals surface area (Å²) in [6.07, 6.45) is 6.35. The fourth-order valence-electron chi connectivity index (χ4n) is 5.05. The average Bonchev–Trinajstić information content (AvgIpc) is 3.71. The molecule has 0 aliphatic heterocycles. The molecule has 1 aromatic heterocycles. The van der Waals surface area contributed by atoms with Gasteiger partial charge < -0.3 is 9.53 Å². The van der Waals surface area contributed by atoms with Crippen LogP contribution in [0.3, 0.4) is 0 Å². The van der Waals surface area contributed by atoms with Crippen LogP contribution in [0, 0.1) is 11.7 Å². The Bertz CT molecular complexity index is 1390. The number of carbonyl (C=O) groups is 2. The van der Waals surface area contributed by atoms with Gasteiger partial charge in [-0.2, -0.15) is 0 Å². The van der Waals surface area contributed by atoms with Gasteiger partial charge in [-0.25, -0.2) is 4.39 Å². The summed E-state index contributed by atoms with van der Waals surface area (Å²) in [6, 6.07) is 14.3. The van der Waals surface area contributed by atoms with Crippen molar-refractivity contribution in [2.24, 2.45) is 5.92 Å². The summed E-state index contributed by atoms with van der Waals surface area (Å²) < 4.78 is 18.7. The summed E-state index contributed by atoms with van der Waals surface area (Å²) in [4.78, 5) is 41.3. The predicted octanol–water partition coefficient (Wildman–Crippen LogP) is 7.44. The van der Waals surface area contributed by atoms with Gasteiger partial charge >= 0.3 is 5.97 Å². The van der Waals surface area contributed by atoms with E-state index in [1.165, 1.54) is 19.2 Å². The molecule has 3 aromatic rings. The molecule has 1 saturated carbocycles. The largest absolute Gasteiger partial charge is 0.469 e. The van der Waals surface area contributed by atoms with E-state index in [4.69, 9.17) is 9.72 Å². The van der Waals surface area contributed by atoms with E-state index in [-0.39, 0.29) is 41.4 Å². The molecule has 2 aromatic carbocycles. The topological polar surface area (TPSA) is 76.5 Å². The maximum absolute atomic E-state index is 13.8. The molecule has 206 valence electrons. The molecule has 0 unspecified atom stereocenters. The molecule has 1 atom stereocenters. The van der Waals surface area contributed by atoms with Crippen LogP contribution >= 0.6 is 0 Å². The van der Waals surface area contributed by atoms with Gasteiger partial charge in [0.2, 0.25) is 0 Å². The number of para-hydroxylation sites is 1. The lowest BCUT2D eigenvalue weighted by molar-refractivity contribution is -0.141. The second-order valence-electron chi connectivity index (χ2n) is 11.9. The maximum atomic E-state index is 13.8. The summed E-state index contributed by atoms with van der Waals surface area (Å²) >= 11 is 0. The third kappa shape index (κ3) is 6.89. The van der Waals surface area contributed by atoms with Crippen LogP contribution in [0.15, 0.2) is 54.6 Å². The predicted molar refractivity (Wildman–Crippen MR) is 156 cm³/mol. The molecule has 5 nitrogen and oxygen atoms in total. The van der Waals surface area contributed by atoms with Crippen molar-refractivity contribution >= 4 is 37.0 Å². The highest BCUT2D eigenvalue weighted by Crippen LogP contribution is 2.46. The molecular weight excluding hydrogens is 509 g/mol. The number of allylic oxidation sites excluding steroid dienone is 1. The minimum atomic E-state index is -2.54. The molecule has 4 rings (SSSR count). The van der Waals surface area contributed by atoms with Crippen LogP contribution in [-0.4, -0.2) is 37.0 Å². The number of nitrogens with zero attached hydrogens (tertiary/aromatic N) is 1. The Morgan fingerprint density at radius 1 is 1.13 bits per heavy atom. The van der Waals surface area contributed by atoms with Crippen molar-refractivity contribution in [2.75, 3.05) is 7.11 Å². The lowest BCUT2D eigenvalue weighted by Gasteiger charge is -2.37. The molecule has 39 heavy (non-hydrogen) atoms. The van der Waals surface area contributed by atoms with Crippen molar-refractivity contribution in [3.63, 3.8) is 0 Å². The van der Waals surface area contributed by atoms with E-state index in [2.05, 4.69) is 0 Å². The van der Waals surface area contributed by atoms with Gasteiger partial charge in [0.05, 0.1) is 18.3 Å². The second kappa shape index (κ2) is 11.5. The highest BCUT2D eigenvalue weighted by Gasteiger charge is 2.40. The molecule has 0 bridgehead atoms. The van der Waals surface area contributed by atoms with Crippen molar-refractivity contribution in [1.82, 2.24) is 4.98 Å². The number of ketones is 1. The van der Waals surface area contributed by atoms with E-state index in [1.807, 2.05) is 57.3 Å². The normalized spacial score (nSPS) is 15.1. The lowest BCUT2D eigenvalue weighted by Crippen LogP contribution is -2.40. The van der Waals surface area contributed by atoms with Gasteiger partial charge in [-0.3, -0.25) is 14.6 Å². The zero-order valence-corrected chi connectivity index (χ0v) is 24.5.